The van der Waals surface area contributed by atoms with Crippen molar-refractivity contribution in [2.24, 2.45) is 0 Å². The number of para-hydroxylation sites is 1. The first-order chi connectivity index (χ1) is 18.6. The molecule has 0 radical (unpaired) electrons. The summed E-state index contributed by atoms with van der Waals surface area (Å²) in [5.74, 6) is -1.83. The summed E-state index contributed by atoms with van der Waals surface area (Å²) in [5, 5.41) is 3.30. The lowest BCUT2D eigenvalue weighted by atomic mass is 10.0. The summed E-state index contributed by atoms with van der Waals surface area (Å²) < 4.78 is 40.8. The second-order valence-electron chi connectivity index (χ2n) is 9.18. The number of benzene rings is 3. The molecule has 2 amide bonds. The third-order valence-corrected chi connectivity index (χ3v) is 7.69. The first-order valence-corrected chi connectivity index (χ1v) is 14.9. The fourth-order valence-corrected chi connectivity index (χ4v) is 5.16. The van der Waals surface area contributed by atoms with E-state index in [0.717, 1.165) is 35.0 Å². The molecule has 0 aliphatic rings. The second-order valence-corrected chi connectivity index (χ2v) is 11.5. The highest BCUT2D eigenvalue weighted by molar-refractivity contribution is 7.92. The number of unbranched alkanes of at least 4 members (excludes halogenated alkanes) is 1. The second kappa shape index (κ2) is 14.1. The van der Waals surface area contributed by atoms with E-state index in [1.165, 1.54) is 23.1 Å². The van der Waals surface area contributed by atoms with Crippen molar-refractivity contribution in [1.82, 2.24) is 10.2 Å². The van der Waals surface area contributed by atoms with Crippen molar-refractivity contribution in [1.29, 1.82) is 0 Å². The van der Waals surface area contributed by atoms with Gasteiger partial charge in [0.05, 0.1) is 11.9 Å². The summed E-state index contributed by atoms with van der Waals surface area (Å²) in [4.78, 5) is 28.8. The van der Waals surface area contributed by atoms with Gasteiger partial charge in [0.2, 0.25) is 21.8 Å². The van der Waals surface area contributed by atoms with Crippen molar-refractivity contribution in [2.45, 2.75) is 38.8 Å². The summed E-state index contributed by atoms with van der Waals surface area (Å²) >= 11 is 6.42. The molecule has 0 saturated carbocycles. The van der Waals surface area contributed by atoms with E-state index in [2.05, 4.69) is 5.32 Å². The molecule has 39 heavy (non-hydrogen) atoms. The average molecular weight is 574 g/mol. The van der Waals surface area contributed by atoms with E-state index < -0.39 is 34.3 Å². The van der Waals surface area contributed by atoms with E-state index in [1.54, 1.807) is 24.3 Å². The SMILES string of the molecule is CCCCNC(=O)C(Cc1ccccc1)N(Cc1ccccc1Cl)C(=O)CN(c1ccccc1F)S(C)(=O)=O. The minimum absolute atomic E-state index is 0.0495. The van der Waals surface area contributed by atoms with Crippen molar-refractivity contribution < 1.29 is 22.4 Å². The van der Waals surface area contributed by atoms with Gasteiger partial charge in [0.1, 0.15) is 18.4 Å². The van der Waals surface area contributed by atoms with Crippen molar-refractivity contribution in [3.05, 3.63) is 101 Å². The lowest BCUT2D eigenvalue weighted by Crippen LogP contribution is -2.53. The molecule has 0 spiro atoms. The van der Waals surface area contributed by atoms with Crippen LogP contribution in [-0.4, -0.2) is 50.5 Å². The highest BCUT2D eigenvalue weighted by atomic mass is 35.5. The number of anilines is 1. The number of sulfonamides is 1. The highest BCUT2D eigenvalue weighted by Gasteiger charge is 2.33. The zero-order chi connectivity index (χ0) is 28.4. The van der Waals surface area contributed by atoms with Gasteiger partial charge in [-0.25, -0.2) is 12.8 Å². The van der Waals surface area contributed by atoms with E-state index in [1.807, 2.05) is 37.3 Å². The van der Waals surface area contributed by atoms with Gasteiger partial charge in [0.15, 0.2) is 0 Å². The fourth-order valence-electron chi connectivity index (χ4n) is 4.12. The van der Waals surface area contributed by atoms with E-state index in [0.29, 0.717) is 17.1 Å². The Balaban J connectivity index is 2.05. The van der Waals surface area contributed by atoms with Gasteiger partial charge in [0.25, 0.3) is 0 Å². The molecule has 0 heterocycles. The molecule has 1 unspecified atom stereocenters. The Labute approximate surface area is 234 Å². The normalized spacial score (nSPS) is 12.0. The van der Waals surface area contributed by atoms with Crippen molar-refractivity contribution in [2.75, 3.05) is 23.7 Å². The van der Waals surface area contributed by atoms with Crippen LogP contribution in [0.1, 0.15) is 30.9 Å². The van der Waals surface area contributed by atoms with Crippen molar-refractivity contribution >= 4 is 39.1 Å². The van der Waals surface area contributed by atoms with Crippen LogP contribution in [0.2, 0.25) is 5.02 Å². The highest BCUT2D eigenvalue weighted by Crippen LogP contribution is 2.24. The zero-order valence-electron chi connectivity index (χ0n) is 22.0. The van der Waals surface area contributed by atoms with Crippen LogP contribution in [0.25, 0.3) is 0 Å². The minimum Gasteiger partial charge on any atom is -0.354 e. The van der Waals surface area contributed by atoms with Crippen LogP contribution in [0, 0.1) is 5.82 Å². The van der Waals surface area contributed by atoms with Gasteiger partial charge in [-0.1, -0.05) is 85.6 Å². The number of amides is 2. The minimum atomic E-state index is -4.05. The number of hydrogen-bond acceptors (Lipinski definition) is 4. The Hall–Kier alpha value is -3.43. The van der Waals surface area contributed by atoms with Crippen molar-refractivity contribution in [3.8, 4) is 0 Å². The van der Waals surface area contributed by atoms with E-state index >= 15 is 0 Å². The topological polar surface area (TPSA) is 86.8 Å². The number of carbonyl (C=O) groups is 2. The number of carbonyl (C=O) groups excluding carboxylic acids is 2. The molecular formula is C29H33ClFN3O4S. The molecule has 1 N–H and O–H groups in total. The van der Waals surface area contributed by atoms with Gasteiger partial charge in [-0.15, -0.1) is 0 Å². The molecular weight excluding hydrogens is 541 g/mol. The Morgan fingerprint density at radius 1 is 0.974 bits per heavy atom. The maximum atomic E-state index is 14.7. The van der Waals surface area contributed by atoms with Crippen molar-refractivity contribution in [3.63, 3.8) is 0 Å². The molecule has 3 aromatic rings. The van der Waals surface area contributed by atoms with Crippen LogP contribution in [-0.2, 0) is 32.6 Å². The Bertz CT molecular complexity index is 1370. The number of halogens is 2. The van der Waals surface area contributed by atoms with Gasteiger partial charge < -0.3 is 10.2 Å². The monoisotopic (exact) mass is 573 g/mol. The third-order valence-electron chi connectivity index (χ3n) is 6.20. The van der Waals surface area contributed by atoms with Crippen LogP contribution >= 0.6 is 11.6 Å². The molecule has 0 fully saturated rings. The Morgan fingerprint density at radius 2 is 1.62 bits per heavy atom. The predicted octanol–water partition coefficient (Wildman–Crippen LogP) is 4.80. The number of hydrogen-bond donors (Lipinski definition) is 1. The van der Waals surface area contributed by atoms with E-state index in [9.17, 15) is 22.4 Å². The maximum absolute atomic E-state index is 14.7. The summed E-state index contributed by atoms with van der Waals surface area (Å²) in [5.41, 5.74) is 1.15. The number of nitrogens with zero attached hydrogens (tertiary/aromatic N) is 2. The van der Waals surface area contributed by atoms with Crippen LogP contribution in [0.15, 0.2) is 78.9 Å². The van der Waals surface area contributed by atoms with E-state index in [-0.39, 0.29) is 24.6 Å². The maximum Gasteiger partial charge on any atom is 0.244 e. The lowest BCUT2D eigenvalue weighted by Gasteiger charge is -2.33. The smallest absolute Gasteiger partial charge is 0.244 e. The third kappa shape index (κ3) is 8.53. The van der Waals surface area contributed by atoms with Gasteiger partial charge in [-0.2, -0.15) is 0 Å². The van der Waals surface area contributed by atoms with Crippen LogP contribution in [0.4, 0.5) is 10.1 Å². The van der Waals surface area contributed by atoms with Crippen LogP contribution < -0.4 is 9.62 Å². The molecule has 0 saturated heterocycles. The van der Waals surface area contributed by atoms with Crippen LogP contribution in [0.3, 0.4) is 0 Å². The van der Waals surface area contributed by atoms with E-state index in [4.69, 9.17) is 11.6 Å². The summed E-state index contributed by atoms with van der Waals surface area (Å²) in [6, 6.07) is 20.5. The number of rotatable bonds is 13. The van der Waals surface area contributed by atoms with Gasteiger partial charge >= 0.3 is 0 Å². The van der Waals surface area contributed by atoms with Gasteiger partial charge in [0, 0.05) is 24.5 Å². The summed E-state index contributed by atoms with van der Waals surface area (Å²) in [6.45, 7) is 1.69. The van der Waals surface area contributed by atoms with Gasteiger partial charge in [-0.05, 0) is 35.7 Å². The number of nitrogens with one attached hydrogen (secondary N) is 1. The largest absolute Gasteiger partial charge is 0.354 e. The summed E-state index contributed by atoms with van der Waals surface area (Å²) in [7, 11) is -4.05. The van der Waals surface area contributed by atoms with Crippen LogP contribution in [0.5, 0.6) is 0 Å². The summed E-state index contributed by atoms with van der Waals surface area (Å²) in [6.07, 6.45) is 2.73. The average Bonchev–Trinajstić information content (AvgIpc) is 2.90. The standard InChI is InChI=1S/C29H33ClFN3O4S/c1-3-4-18-32-29(36)27(19-22-12-6-5-7-13-22)33(20-23-14-8-9-15-24(23)30)28(35)21-34(39(2,37)38)26-17-11-10-16-25(26)31/h5-17,27H,3-4,18-21H2,1-2H3,(H,32,36). The molecule has 3 rings (SSSR count). The molecule has 0 aliphatic carbocycles. The first kappa shape index (κ1) is 30.1. The quantitative estimate of drug-likeness (QED) is 0.298. The fraction of sp³-hybridized carbons (Fsp3) is 0.310. The Kier molecular flexibility index (Phi) is 10.9. The molecule has 10 heteroatoms. The molecule has 3 aromatic carbocycles. The molecule has 208 valence electrons. The molecule has 0 bridgehead atoms. The molecule has 1 atom stereocenters. The lowest BCUT2D eigenvalue weighted by molar-refractivity contribution is -0.140. The molecule has 7 nitrogen and oxygen atoms in total. The Morgan fingerprint density at radius 3 is 2.26 bits per heavy atom. The molecule has 0 aromatic heterocycles. The zero-order valence-corrected chi connectivity index (χ0v) is 23.6. The molecule has 0 aliphatic heterocycles. The van der Waals surface area contributed by atoms with Gasteiger partial charge in [-0.3, -0.25) is 13.9 Å². The predicted molar refractivity (Wildman–Crippen MR) is 152 cm³/mol. The first-order valence-electron chi connectivity index (χ1n) is 12.7.